The first-order valence-corrected chi connectivity index (χ1v) is 6.07. The predicted octanol–water partition coefficient (Wildman–Crippen LogP) is 3.61. The van der Waals surface area contributed by atoms with Gasteiger partial charge in [0.1, 0.15) is 0 Å². The zero-order valence-corrected chi connectivity index (χ0v) is 10.5. The lowest BCUT2D eigenvalue weighted by atomic mass is 10.1. The van der Waals surface area contributed by atoms with E-state index in [-0.39, 0.29) is 0 Å². The zero-order valence-electron chi connectivity index (χ0n) is 10.5. The molecule has 2 aromatic heterocycles. The Kier molecular flexibility index (Phi) is 2.60. The average Bonchev–Trinajstić information content (AvgIpc) is 2.74. The van der Waals surface area contributed by atoms with E-state index < -0.39 is 5.97 Å². The molecule has 0 aliphatic rings. The summed E-state index contributed by atoms with van der Waals surface area (Å²) in [7, 11) is 0. The Bertz CT molecular complexity index is 754. The number of pyridine rings is 1. The Morgan fingerprint density at radius 2 is 1.84 bits per heavy atom. The number of fused-ring (bicyclic) bond motifs is 1. The Hall–Kier alpha value is -2.55. The number of aromatic carboxylic acids is 1. The molecule has 0 unspecified atom stereocenters. The van der Waals surface area contributed by atoms with Crippen LogP contribution in [0, 0.1) is 6.92 Å². The third-order valence-corrected chi connectivity index (χ3v) is 3.28. The van der Waals surface area contributed by atoms with Gasteiger partial charge in [0, 0.05) is 11.7 Å². The highest BCUT2D eigenvalue weighted by Crippen LogP contribution is 2.27. The number of carbonyl (C=O) groups is 1. The first-order valence-electron chi connectivity index (χ1n) is 6.07. The summed E-state index contributed by atoms with van der Waals surface area (Å²) in [6, 6.07) is 15.2. The van der Waals surface area contributed by atoms with Gasteiger partial charge in [0.05, 0.1) is 11.3 Å². The van der Waals surface area contributed by atoms with Crippen LogP contribution in [-0.2, 0) is 0 Å². The van der Waals surface area contributed by atoms with Crippen LogP contribution >= 0.6 is 0 Å². The van der Waals surface area contributed by atoms with Crippen molar-refractivity contribution >= 4 is 11.5 Å². The van der Waals surface area contributed by atoms with Gasteiger partial charge in [-0.2, -0.15) is 0 Å². The van der Waals surface area contributed by atoms with E-state index in [2.05, 4.69) is 23.5 Å². The van der Waals surface area contributed by atoms with Gasteiger partial charge in [-0.25, -0.2) is 4.79 Å². The van der Waals surface area contributed by atoms with E-state index in [1.54, 1.807) is 12.1 Å². The minimum absolute atomic E-state index is 0.308. The molecule has 0 saturated heterocycles. The number of aromatic nitrogens is 1. The SMILES string of the molecule is Cc1cc2ccccn2c1-c1ccc(C(=O)O)cc1. The van der Waals surface area contributed by atoms with Crippen molar-refractivity contribution < 1.29 is 9.90 Å². The van der Waals surface area contributed by atoms with Crippen molar-refractivity contribution in [2.45, 2.75) is 6.92 Å². The highest BCUT2D eigenvalue weighted by Gasteiger charge is 2.09. The van der Waals surface area contributed by atoms with Crippen LogP contribution in [0.15, 0.2) is 54.7 Å². The van der Waals surface area contributed by atoms with Crippen molar-refractivity contribution in [2.24, 2.45) is 0 Å². The molecule has 0 fully saturated rings. The summed E-state index contributed by atoms with van der Waals surface area (Å²) in [4.78, 5) is 10.9. The van der Waals surface area contributed by atoms with E-state index in [4.69, 9.17) is 5.11 Å². The number of benzene rings is 1. The number of hydrogen-bond acceptors (Lipinski definition) is 1. The van der Waals surface area contributed by atoms with Gasteiger partial charge in [-0.05, 0) is 48.4 Å². The average molecular weight is 251 g/mol. The summed E-state index contributed by atoms with van der Waals surface area (Å²) in [6.45, 7) is 2.06. The van der Waals surface area contributed by atoms with Crippen molar-refractivity contribution in [3.63, 3.8) is 0 Å². The fourth-order valence-corrected chi connectivity index (χ4v) is 2.40. The topological polar surface area (TPSA) is 41.7 Å². The molecule has 1 aromatic carbocycles. The summed E-state index contributed by atoms with van der Waals surface area (Å²) >= 11 is 0. The zero-order chi connectivity index (χ0) is 13.4. The predicted molar refractivity (Wildman–Crippen MR) is 74.5 cm³/mol. The van der Waals surface area contributed by atoms with Crippen LogP contribution in [0.3, 0.4) is 0 Å². The second-order valence-electron chi connectivity index (χ2n) is 4.55. The summed E-state index contributed by atoms with van der Waals surface area (Å²) < 4.78 is 2.12. The van der Waals surface area contributed by atoms with Gasteiger partial charge < -0.3 is 9.51 Å². The van der Waals surface area contributed by atoms with Crippen LogP contribution in [0.5, 0.6) is 0 Å². The van der Waals surface area contributed by atoms with Gasteiger partial charge in [-0.15, -0.1) is 0 Å². The fraction of sp³-hybridized carbons (Fsp3) is 0.0625. The standard InChI is InChI=1S/C16H13NO2/c1-11-10-14-4-2-3-9-17(14)15(11)12-5-7-13(8-6-12)16(18)19/h2-10H,1H3,(H,18,19). The van der Waals surface area contributed by atoms with Crippen molar-refractivity contribution in [1.82, 2.24) is 4.40 Å². The second kappa shape index (κ2) is 4.28. The first-order chi connectivity index (χ1) is 9.16. The van der Waals surface area contributed by atoms with Crippen LogP contribution in [0.25, 0.3) is 16.8 Å². The molecular weight excluding hydrogens is 238 g/mol. The molecule has 0 spiro atoms. The number of carboxylic acid groups (broad SMARTS) is 1. The van der Waals surface area contributed by atoms with E-state index in [0.29, 0.717) is 5.56 Å². The molecule has 3 rings (SSSR count). The molecule has 0 atom stereocenters. The molecule has 3 nitrogen and oxygen atoms in total. The van der Waals surface area contributed by atoms with E-state index in [1.165, 1.54) is 5.56 Å². The van der Waals surface area contributed by atoms with Gasteiger partial charge >= 0.3 is 5.97 Å². The lowest BCUT2D eigenvalue weighted by Crippen LogP contribution is -1.96. The molecule has 0 saturated carbocycles. The number of hydrogen-bond donors (Lipinski definition) is 1. The largest absolute Gasteiger partial charge is 0.478 e. The molecule has 3 heteroatoms. The number of carboxylic acids is 1. The Labute approximate surface area is 110 Å². The molecule has 0 aliphatic carbocycles. The maximum atomic E-state index is 10.9. The molecular formula is C16H13NO2. The molecule has 19 heavy (non-hydrogen) atoms. The second-order valence-corrected chi connectivity index (χ2v) is 4.55. The van der Waals surface area contributed by atoms with Crippen molar-refractivity contribution in [3.8, 4) is 11.3 Å². The van der Waals surface area contributed by atoms with Gasteiger partial charge in [0.25, 0.3) is 0 Å². The normalized spacial score (nSPS) is 10.8. The smallest absolute Gasteiger partial charge is 0.335 e. The van der Waals surface area contributed by atoms with Crippen molar-refractivity contribution in [3.05, 3.63) is 65.9 Å². The van der Waals surface area contributed by atoms with E-state index in [0.717, 1.165) is 16.8 Å². The lowest BCUT2D eigenvalue weighted by molar-refractivity contribution is 0.0697. The van der Waals surface area contributed by atoms with E-state index in [9.17, 15) is 4.79 Å². The summed E-state index contributed by atoms with van der Waals surface area (Å²) in [5.41, 5.74) is 4.75. The van der Waals surface area contributed by atoms with Gasteiger partial charge in [-0.1, -0.05) is 18.2 Å². The van der Waals surface area contributed by atoms with Crippen LogP contribution in [-0.4, -0.2) is 15.5 Å². The van der Waals surface area contributed by atoms with Crippen LogP contribution in [0.4, 0.5) is 0 Å². The minimum Gasteiger partial charge on any atom is -0.478 e. The van der Waals surface area contributed by atoms with Crippen LogP contribution in [0.1, 0.15) is 15.9 Å². The third-order valence-electron chi connectivity index (χ3n) is 3.28. The Morgan fingerprint density at radius 3 is 2.53 bits per heavy atom. The number of rotatable bonds is 2. The van der Waals surface area contributed by atoms with E-state index in [1.807, 2.05) is 30.5 Å². The number of nitrogens with zero attached hydrogens (tertiary/aromatic N) is 1. The molecule has 3 aromatic rings. The third kappa shape index (κ3) is 1.89. The maximum Gasteiger partial charge on any atom is 0.335 e. The molecule has 2 heterocycles. The summed E-state index contributed by atoms with van der Waals surface area (Å²) in [5, 5.41) is 8.93. The monoisotopic (exact) mass is 251 g/mol. The summed E-state index contributed by atoms with van der Waals surface area (Å²) in [5.74, 6) is -0.900. The molecule has 0 bridgehead atoms. The molecule has 1 N–H and O–H groups in total. The first kappa shape index (κ1) is 11.5. The summed E-state index contributed by atoms with van der Waals surface area (Å²) in [6.07, 6.45) is 2.02. The minimum atomic E-state index is -0.900. The van der Waals surface area contributed by atoms with Gasteiger partial charge in [0.15, 0.2) is 0 Å². The van der Waals surface area contributed by atoms with Gasteiger partial charge in [0.2, 0.25) is 0 Å². The number of aryl methyl sites for hydroxylation is 1. The van der Waals surface area contributed by atoms with Crippen LogP contribution < -0.4 is 0 Å². The van der Waals surface area contributed by atoms with Crippen molar-refractivity contribution in [2.75, 3.05) is 0 Å². The highest BCUT2D eigenvalue weighted by molar-refractivity contribution is 5.88. The van der Waals surface area contributed by atoms with Gasteiger partial charge in [-0.3, -0.25) is 0 Å². The quantitative estimate of drug-likeness (QED) is 0.756. The molecule has 94 valence electrons. The lowest BCUT2D eigenvalue weighted by Gasteiger charge is -2.05. The Balaban J connectivity index is 2.18. The molecule has 0 amide bonds. The fourth-order valence-electron chi connectivity index (χ4n) is 2.40. The molecule has 0 radical (unpaired) electrons. The molecule has 0 aliphatic heterocycles. The maximum absolute atomic E-state index is 10.9. The van der Waals surface area contributed by atoms with Crippen LogP contribution in [0.2, 0.25) is 0 Å². The van der Waals surface area contributed by atoms with E-state index >= 15 is 0 Å². The van der Waals surface area contributed by atoms with Crippen molar-refractivity contribution in [1.29, 1.82) is 0 Å². The highest BCUT2D eigenvalue weighted by atomic mass is 16.4. The Morgan fingerprint density at radius 1 is 1.11 bits per heavy atom.